The number of nitrogens with zero attached hydrogens (tertiary/aromatic N) is 4. The van der Waals surface area contributed by atoms with Crippen molar-refractivity contribution in [3.63, 3.8) is 0 Å². The molecule has 2 fully saturated rings. The number of hydrogen-bond acceptors (Lipinski definition) is 15. The maximum atomic E-state index is 15.5. The first-order valence-electron chi connectivity index (χ1n) is 24.0. The molecule has 6 aromatic rings. The molecule has 0 aliphatic carbocycles. The molecule has 2 aromatic heterocycles. The fraction of sp³-hybridized carbons (Fsp3) is 0.431. The highest BCUT2D eigenvalue weighted by Crippen LogP contribution is 2.48. The summed E-state index contributed by atoms with van der Waals surface area (Å²) in [6, 6.07) is 18.8. The molecule has 6 heterocycles. The highest BCUT2D eigenvalue weighted by molar-refractivity contribution is 7.86. The van der Waals surface area contributed by atoms with Crippen LogP contribution in [0.3, 0.4) is 0 Å². The molecule has 19 heteroatoms. The summed E-state index contributed by atoms with van der Waals surface area (Å²) in [4.78, 5) is 32.1. The van der Waals surface area contributed by atoms with Crippen LogP contribution >= 0.6 is 0 Å². The zero-order valence-electron chi connectivity index (χ0n) is 40.1. The number of nitrogens with one attached hydrogen (secondary N) is 4. The highest BCUT2D eigenvalue weighted by atomic mass is 32.2. The second-order valence-corrected chi connectivity index (χ2v) is 22.6. The Bertz CT molecular complexity index is 3000. The van der Waals surface area contributed by atoms with Crippen molar-refractivity contribution in [1.29, 1.82) is 0 Å². The number of aryl methyl sites for hydroxylation is 2. The molecule has 372 valence electrons. The number of fused-ring (bicyclic) bond motifs is 4. The number of aliphatic hydroxyl groups excluding tert-OH is 2. The van der Waals surface area contributed by atoms with E-state index in [0.29, 0.717) is 46.5 Å². The van der Waals surface area contributed by atoms with Crippen molar-refractivity contribution in [2.75, 3.05) is 91.2 Å². The Balaban J connectivity index is 1.01. The first-order valence-corrected chi connectivity index (χ1v) is 27.6. The molecule has 2 unspecified atom stereocenters. The SMILES string of the molecule is Cc1cc(-c2cc3cc(CN4CCN(CCO)CC4)ccc3[nH]2)c2c(c1OS(C)(=O)=O)CNC2C(=O)C1NCc2c(OS(C)(=O)=O)c(C)cc(-c3cc4cc(CN5CCN(CCO)CC5)ccc4[nH]3)c21. The average molecular weight is 995 g/mol. The molecule has 4 aliphatic heterocycles. The van der Waals surface area contributed by atoms with Gasteiger partial charge >= 0.3 is 20.2 Å². The van der Waals surface area contributed by atoms with E-state index in [0.717, 1.165) is 133 Å². The van der Waals surface area contributed by atoms with Gasteiger partial charge in [-0.15, -0.1) is 0 Å². The number of aromatic nitrogens is 2. The van der Waals surface area contributed by atoms with Gasteiger partial charge in [0, 0.05) is 147 Å². The van der Waals surface area contributed by atoms with E-state index in [9.17, 15) is 27.0 Å². The van der Waals surface area contributed by atoms with Crippen LogP contribution in [0, 0.1) is 13.8 Å². The molecule has 2 saturated heterocycles. The number of aromatic amines is 2. The molecule has 70 heavy (non-hydrogen) atoms. The summed E-state index contributed by atoms with van der Waals surface area (Å²) in [5.41, 5.74) is 10.7. The van der Waals surface area contributed by atoms with E-state index in [1.54, 1.807) is 13.8 Å². The number of Topliss-reactive ketones (excluding diaryl/α,β-unsaturated/α-hetero) is 1. The number of ketones is 1. The zero-order chi connectivity index (χ0) is 49.1. The summed E-state index contributed by atoms with van der Waals surface area (Å²) >= 11 is 0. The van der Waals surface area contributed by atoms with E-state index in [1.807, 2.05) is 12.1 Å². The molecule has 10 rings (SSSR count). The van der Waals surface area contributed by atoms with Gasteiger partial charge in [-0.3, -0.25) is 35.0 Å². The quantitative estimate of drug-likeness (QED) is 0.0756. The summed E-state index contributed by atoms with van der Waals surface area (Å²) in [5.74, 6) is 0.129. The lowest BCUT2D eigenvalue weighted by Crippen LogP contribution is -2.46. The van der Waals surface area contributed by atoms with E-state index in [1.165, 1.54) is 0 Å². The summed E-state index contributed by atoms with van der Waals surface area (Å²) < 4.78 is 62.3. The number of hydrogen-bond donors (Lipinski definition) is 6. The topological polar surface area (TPSA) is 213 Å². The maximum absolute atomic E-state index is 15.5. The normalized spacial score (nSPS) is 19.6. The molecule has 0 spiro atoms. The van der Waals surface area contributed by atoms with Gasteiger partial charge in [0.1, 0.15) is 11.5 Å². The Morgan fingerprint density at radius 2 is 0.971 bits per heavy atom. The average Bonchev–Trinajstić information content (AvgIpc) is 4.14. The smallest absolute Gasteiger partial charge is 0.306 e. The van der Waals surface area contributed by atoms with E-state index in [-0.39, 0.29) is 43.6 Å². The largest absolute Gasteiger partial charge is 0.395 e. The van der Waals surface area contributed by atoms with Crippen molar-refractivity contribution in [2.45, 2.75) is 52.1 Å². The van der Waals surface area contributed by atoms with Crippen LogP contribution in [-0.4, -0.2) is 154 Å². The second kappa shape index (κ2) is 19.4. The van der Waals surface area contributed by atoms with Gasteiger partial charge in [0.25, 0.3) is 0 Å². The molecule has 0 saturated carbocycles. The van der Waals surface area contributed by atoms with Crippen LogP contribution in [0.5, 0.6) is 11.5 Å². The molecule has 0 bridgehead atoms. The molecule has 0 radical (unpaired) electrons. The van der Waals surface area contributed by atoms with Gasteiger partial charge in [-0.05, 0) is 95.8 Å². The van der Waals surface area contributed by atoms with Crippen molar-refractivity contribution in [2.24, 2.45) is 0 Å². The Labute approximate surface area is 409 Å². The summed E-state index contributed by atoms with van der Waals surface area (Å²) in [5, 5.41) is 27.6. The zero-order valence-corrected chi connectivity index (χ0v) is 41.7. The van der Waals surface area contributed by atoms with Crippen molar-refractivity contribution < 1.29 is 40.2 Å². The predicted molar refractivity (Wildman–Crippen MR) is 270 cm³/mol. The van der Waals surface area contributed by atoms with Gasteiger partial charge in [0.2, 0.25) is 0 Å². The molecular weight excluding hydrogens is 933 g/mol. The third-order valence-corrected chi connectivity index (χ3v) is 15.3. The van der Waals surface area contributed by atoms with E-state index >= 15 is 4.79 Å². The Kier molecular flexibility index (Phi) is 13.4. The van der Waals surface area contributed by atoms with Crippen molar-refractivity contribution in [3.8, 4) is 34.0 Å². The number of benzene rings is 4. The lowest BCUT2D eigenvalue weighted by Gasteiger charge is -2.34. The first-order chi connectivity index (χ1) is 33.5. The van der Waals surface area contributed by atoms with E-state index in [2.05, 4.69) is 88.7 Å². The standard InChI is InChI=1S/C51H62N8O9S2/c1-31-21-37(43-25-35-23-33(5-7-41(35)54-43)29-58-13-9-56(10-14-58)17-19-60)45-39(50(31)67-69(3,63)64)27-52-47(45)49(62)48-46-38(22-32(2)51(40(46)28-53-48)68-70(4,65)66)44-26-36-24-34(6-8-42(36)55-44)30-59-15-11-57(12-16-59)18-20-61/h5-8,21-26,47-48,52-55,60-61H,9-20,27-30H2,1-4H3. The highest BCUT2D eigenvalue weighted by Gasteiger charge is 2.43. The van der Waals surface area contributed by atoms with Crippen molar-refractivity contribution in [1.82, 2.24) is 40.2 Å². The first kappa shape index (κ1) is 48.4. The minimum absolute atomic E-state index is 0.157. The van der Waals surface area contributed by atoms with Gasteiger partial charge in [-0.1, -0.05) is 12.1 Å². The lowest BCUT2D eigenvalue weighted by atomic mass is 9.86. The summed E-state index contributed by atoms with van der Waals surface area (Å²) in [6.07, 6.45) is 2.02. The molecule has 4 aliphatic rings. The van der Waals surface area contributed by atoms with Crippen LogP contribution in [0.4, 0.5) is 0 Å². The van der Waals surface area contributed by atoms with Crippen molar-refractivity contribution >= 4 is 47.8 Å². The molecule has 0 amide bonds. The second-order valence-electron chi connectivity index (χ2n) is 19.4. The molecule has 6 N–H and O–H groups in total. The molecule has 17 nitrogen and oxygen atoms in total. The minimum atomic E-state index is -3.95. The van der Waals surface area contributed by atoms with Gasteiger partial charge < -0.3 is 28.5 Å². The number of carbonyl (C=O) groups excluding carboxylic acids is 1. The Morgan fingerprint density at radius 3 is 1.34 bits per heavy atom. The van der Waals surface area contributed by atoms with Crippen LogP contribution < -0.4 is 19.0 Å². The third kappa shape index (κ3) is 10.0. The molecule has 2 atom stereocenters. The van der Waals surface area contributed by atoms with Crippen LogP contribution in [-0.2, 0) is 51.2 Å². The van der Waals surface area contributed by atoms with Crippen molar-refractivity contribution in [3.05, 3.63) is 105 Å². The number of rotatable bonds is 16. The maximum Gasteiger partial charge on any atom is 0.306 e. The number of H-pyrrole nitrogens is 2. The Morgan fingerprint density at radius 1 is 0.586 bits per heavy atom. The van der Waals surface area contributed by atoms with Crippen LogP contribution in [0.25, 0.3) is 44.3 Å². The summed E-state index contributed by atoms with van der Waals surface area (Å²) in [6.45, 7) is 14.5. The van der Waals surface area contributed by atoms with E-state index in [4.69, 9.17) is 8.37 Å². The number of carbonyl (C=O) groups is 1. The molecular formula is C51H62N8O9S2. The predicted octanol–water partition coefficient (Wildman–Crippen LogP) is 4.05. The summed E-state index contributed by atoms with van der Waals surface area (Å²) in [7, 11) is -7.90. The monoisotopic (exact) mass is 994 g/mol. The third-order valence-electron chi connectivity index (χ3n) is 14.3. The number of β-amino-alcohol motifs (C(OH)–C–C–N with tert-alkyl or cyclic N) is 2. The van der Waals surface area contributed by atoms with Gasteiger partial charge in [0.15, 0.2) is 5.78 Å². The number of piperazine rings is 2. The minimum Gasteiger partial charge on any atom is -0.395 e. The van der Waals surface area contributed by atoms with Crippen LogP contribution in [0.2, 0.25) is 0 Å². The van der Waals surface area contributed by atoms with E-state index < -0.39 is 32.3 Å². The van der Waals surface area contributed by atoms with Gasteiger partial charge in [-0.25, -0.2) is 0 Å². The molecule has 4 aromatic carbocycles. The Hall–Kier alpha value is -5.19. The fourth-order valence-electron chi connectivity index (χ4n) is 11.0. The number of aliphatic hydroxyl groups is 2. The van der Waals surface area contributed by atoms with Gasteiger partial charge in [0.05, 0.1) is 37.8 Å². The van der Waals surface area contributed by atoms with Crippen LogP contribution in [0.1, 0.15) is 56.6 Å². The van der Waals surface area contributed by atoms with Crippen LogP contribution in [0.15, 0.2) is 60.7 Å². The lowest BCUT2D eigenvalue weighted by molar-refractivity contribution is -0.123. The van der Waals surface area contributed by atoms with Gasteiger partial charge in [-0.2, -0.15) is 16.8 Å². The fourth-order valence-corrected chi connectivity index (χ4v) is 12.1.